The number of methoxy groups -OCH3 is 1. The third kappa shape index (κ3) is 3.21. The lowest BCUT2D eigenvalue weighted by Gasteiger charge is -2.11. The van der Waals surface area contributed by atoms with Crippen LogP contribution in [0.4, 0.5) is 0 Å². The number of hydrogen-bond acceptors (Lipinski definition) is 1. The van der Waals surface area contributed by atoms with Gasteiger partial charge in [0.05, 0.1) is 12.6 Å². The van der Waals surface area contributed by atoms with E-state index in [4.69, 9.17) is 4.74 Å². The third-order valence-corrected chi connectivity index (χ3v) is 4.33. The molecule has 0 bridgehead atoms. The number of rotatable bonds is 5. The highest BCUT2D eigenvalue weighted by molar-refractivity contribution is 6.08. The SMILES string of the molecule is COc1ccc2c(c1)[nH]c1c(CC(C)C)cc(CC(C)C)cc12. The highest BCUT2D eigenvalue weighted by Crippen LogP contribution is 2.32. The largest absolute Gasteiger partial charge is 0.497 e. The number of aromatic amines is 1. The van der Waals surface area contributed by atoms with Crippen LogP contribution in [0.2, 0.25) is 0 Å². The summed E-state index contributed by atoms with van der Waals surface area (Å²) < 4.78 is 5.37. The second kappa shape index (κ2) is 6.27. The number of fused-ring (bicyclic) bond motifs is 3. The maximum absolute atomic E-state index is 5.37. The predicted octanol–water partition coefficient (Wildman–Crippen LogP) is 5.73. The molecule has 1 heterocycles. The number of ether oxygens (including phenoxy) is 1. The van der Waals surface area contributed by atoms with Crippen molar-refractivity contribution in [1.29, 1.82) is 0 Å². The van der Waals surface area contributed by atoms with Gasteiger partial charge in [-0.25, -0.2) is 0 Å². The molecule has 2 nitrogen and oxygen atoms in total. The number of hydrogen-bond donors (Lipinski definition) is 1. The maximum atomic E-state index is 5.37. The number of benzene rings is 2. The normalized spacial score (nSPS) is 12.0. The Kier molecular flexibility index (Phi) is 4.34. The topological polar surface area (TPSA) is 25.0 Å². The first-order valence-electron chi connectivity index (χ1n) is 8.59. The van der Waals surface area contributed by atoms with Crippen molar-refractivity contribution in [3.63, 3.8) is 0 Å². The van der Waals surface area contributed by atoms with Crippen LogP contribution in [-0.4, -0.2) is 12.1 Å². The monoisotopic (exact) mass is 309 g/mol. The highest BCUT2D eigenvalue weighted by atomic mass is 16.5. The molecule has 23 heavy (non-hydrogen) atoms. The summed E-state index contributed by atoms with van der Waals surface area (Å²) in [6, 6.07) is 11.1. The fourth-order valence-electron chi connectivity index (χ4n) is 3.44. The van der Waals surface area contributed by atoms with Crippen LogP contribution in [-0.2, 0) is 12.8 Å². The van der Waals surface area contributed by atoms with Gasteiger partial charge in [0.25, 0.3) is 0 Å². The molecule has 1 aromatic heterocycles. The van der Waals surface area contributed by atoms with E-state index >= 15 is 0 Å². The molecule has 0 spiro atoms. The molecule has 0 atom stereocenters. The Morgan fingerprint density at radius 3 is 2.30 bits per heavy atom. The van der Waals surface area contributed by atoms with Crippen LogP contribution >= 0.6 is 0 Å². The van der Waals surface area contributed by atoms with E-state index < -0.39 is 0 Å². The van der Waals surface area contributed by atoms with E-state index in [1.54, 1.807) is 7.11 Å². The fraction of sp³-hybridized carbons (Fsp3) is 0.429. The van der Waals surface area contributed by atoms with Crippen molar-refractivity contribution in [3.05, 3.63) is 41.5 Å². The minimum Gasteiger partial charge on any atom is -0.497 e. The van der Waals surface area contributed by atoms with Crippen LogP contribution < -0.4 is 4.74 Å². The summed E-state index contributed by atoms with van der Waals surface area (Å²) in [5, 5.41) is 2.63. The van der Waals surface area contributed by atoms with Gasteiger partial charge in [-0.15, -0.1) is 0 Å². The molecule has 3 rings (SSSR count). The number of nitrogens with one attached hydrogen (secondary N) is 1. The zero-order chi connectivity index (χ0) is 16.6. The Morgan fingerprint density at radius 2 is 1.65 bits per heavy atom. The molecule has 2 aromatic carbocycles. The Hall–Kier alpha value is -1.96. The quantitative estimate of drug-likeness (QED) is 0.640. The van der Waals surface area contributed by atoms with Crippen LogP contribution in [0.15, 0.2) is 30.3 Å². The first kappa shape index (κ1) is 15.9. The zero-order valence-corrected chi connectivity index (χ0v) is 14.9. The first-order valence-corrected chi connectivity index (χ1v) is 8.59. The Bertz CT molecular complexity index is 827. The van der Waals surface area contributed by atoms with Gasteiger partial charge in [-0.2, -0.15) is 0 Å². The van der Waals surface area contributed by atoms with Gasteiger partial charge in [0.2, 0.25) is 0 Å². The highest BCUT2D eigenvalue weighted by Gasteiger charge is 2.13. The van der Waals surface area contributed by atoms with Crippen LogP contribution in [0, 0.1) is 11.8 Å². The average Bonchev–Trinajstić information content (AvgIpc) is 2.84. The van der Waals surface area contributed by atoms with Crippen molar-refractivity contribution in [2.75, 3.05) is 7.11 Å². The molecule has 0 aliphatic heterocycles. The van der Waals surface area contributed by atoms with Crippen molar-refractivity contribution >= 4 is 21.8 Å². The molecule has 0 aliphatic rings. The second-order valence-electron chi connectivity index (χ2n) is 7.41. The summed E-state index contributed by atoms with van der Waals surface area (Å²) in [5.74, 6) is 2.22. The standard InChI is InChI=1S/C21H27NO/c1-13(2)8-15-10-16(9-14(3)4)21-19(11-15)18-7-6-17(23-5)12-20(18)22-21/h6-7,10-14,22H,8-9H2,1-5H3. The van der Waals surface area contributed by atoms with Gasteiger partial charge in [-0.05, 0) is 54.0 Å². The number of aromatic nitrogens is 1. The van der Waals surface area contributed by atoms with Crippen LogP contribution in [0.25, 0.3) is 21.8 Å². The molecule has 2 heteroatoms. The molecule has 0 amide bonds. The molecule has 0 saturated heterocycles. The molecule has 1 N–H and O–H groups in total. The van der Waals surface area contributed by atoms with Crippen molar-refractivity contribution in [1.82, 2.24) is 4.98 Å². The van der Waals surface area contributed by atoms with Crippen molar-refractivity contribution in [3.8, 4) is 5.75 Å². The van der Waals surface area contributed by atoms with Crippen molar-refractivity contribution in [2.45, 2.75) is 40.5 Å². The molecule has 0 fully saturated rings. The summed E-state index contributed by atoms with van der Waals surface area (Å²) in [5.41, 5.74) is 5.32. The van der Waals surface area contributed by atoms with E-state index in [1.807, 2.05) is 6.07 Å². The van der Waals surface area contributed by atoms with E-state index in [-0.39, 0.29) is 0 Å². The molecule has 0 unspecified atom stereocenters. The molecule has 0 radical (unpaired) electrons. The van der Waals surface area contributed by atoms with Crippen molar-refractivity contribution in [2.24, 2.45) is 11.8 Å². The Labute approximate surface area is 138 Å². The smallest absolute Gasteiger partial charge is 0.120 e. The van der Waals surface area contributed by atoms with Crippen LogP contribution in [0.1, 0.15) is 38.8 Å². The molecular weight excluding hydrogens is 282 g/mol. The average molecular weight is 309 g/mol. The predicted molar refractivity (Wildman–Crippen MR) is 99.4 cm³/mol. The van der Waals surface area contributed by atoms with Gasteiger partial charge in [-0.3, -0.25) is 0 Å². The van der Waals surface area contributed by atoms with Crippen LogP contribution in [0.3, 0.4) is 0 Å². The first-order chi connectivity index (χ1) is 11.0. The van der Waals surface area contributed by atoms with E-state index in [2.05, 4.69) is 56.9 Å². The van der Waals surface area contributed by atoms with Gasteiger partial charge < -0.3 is 9.72 Å². The maximum Gasteiger partial charge on any atom is 0.120 e. The van der Waals surface area contributed by atoms with Gasteiger partial charge >= 0.3 is 0 Å². The minimum atomic E-state index is 0.647. The van der Waals surface area contributed by atoms with Gasteiger partial charge in [0.15, 0.2) is 0 Å². The zero-order valence-electron chi connectivity index (χ0n) is 14.9. The lowest BCUT2D eigenvalue weighted by atomic mass is 9.94. The molecule has 0 aliphatic carbocycles. The summed E-state index contributed by atoms with van der Waals surface area (Å²) in [6.07, 6.45) is 2.23. The van der Waals surface area contributed by atoms with E-state index in [0.717, 1.165) is 24.1 Å². The van der Waals surface area contributed by atoms with Gasteiger partial charge in [-0.1, -0.05) is 33.8 Å². The second-order valence-corrected chi connectivity index (χ2v) is 7.41. The molecule has 122 valence electrons. The summed E-state index contributed by atoms with van der Waals surface area (Å²) in [6.45, 7) is 9.14. The number of H-pyrrole nitrogens is 1. The molecule has 0 saturated carbocycles. The van der Waals surface area contributed by atoms with Crippen molar-refractivity contribution < 1.29 is 4.74 Å². The van der Waals surface area contributed by atoms with E-state index in [1.165, 1.54) is 27.4 Å². The lowest BCUT2D eigenvalue weighted by Crippen LogP contribution is -1.99. The molecule has 3 aromatic rings. The van der Waals surface area contributed by atoms with E-state index in [0.29, 0.717) is 11.8 Å². The van der Waals surface area contributed by atoms with Crippen LogP contribution in [0.5, 0.6) is 5.75 Å². The van der Waals surface area contributed by atoms with E-state index in [9.17, 15) is 0 Å². The summed E-state index contributed by atoms with van der Waals surface area (Å²) >= 11 is 0. The fourth-order valence-corrected chi connectivity index (χ4v) is 3.44. The van der Waals surface area contributed by atoms with Gasteiger partial charge in [0, 0.05) is 22.4 Å². The Balaban J connectivity index is 2.24. The Morgan fingerprint density at radius 1 is 0.913 bits per heavy atom. The minimum absolute atomic E-state index is 0.647. The van der Waals surface area contributed by atoms with Gasteiger partial charge in [0.1, 0.15) is 5.75 Å². The summed E-state index contributed by atoms with van der Waals surface area (Å²) in [4.78, 5) is 3.63. The molecular formula is C21H27NO. The lowest BCUT2D eigenvalue weighted by molar-refractivity contribution is 0.415. The third-order valence-electron chi connectivity index (χ3n) is 4.33. The summed E-state index contributed by atoms with van der Waals surface area (Å²) in [7, 11) is 1.72.